The molecule has 20 heavy (non-hydrogen) atoms. The molecule has 0 saturated heterocycles. The van der Waals surface area contributed by atoms with Crippen LogP contribution in [0.2, 0.25) is 5.22 Å². The van der Waals surface area contributed by atoms with E-state index in [-0.39, 0.29) is 23.6 Å². The highest BCUT2D eigenvalue weighted by Crippen LogP contribution is 2.20. The molecule has 0 bridgehead atoms. The van der Waals surface area contributed by atoms with E-state index in [2.05, 4.69) is 20.0 Å². The summed E-state index contributed by atoms with van der Waals surface area (Å²) < 4.78 is 6.92. The summed E-state index contributed by atoms with van der Waals surface area (Å²) >= 11 is 5.86. The summed E-state index contributed by atoms with van der Waals surface area (Å²) in [6.07, 6.45) is 5.71. The summed E-state index contributed by atoms with van der Waals surface area (Å²) in [6.45, 7) is 2.54. The first kappa shape index (κ1) is 13.2. The lowest BCUT2D eigenvalue weighted by molar-refractivity contribution is -0.121. The van der Waals surface area contributed by atoms with Gasteiger partial charge in [0, 0.05) is 37.0 Å². The number of hydrogen-bond donors (Lipinski definition) is 1. The molecule has 3 rings (SSSR count). The topological polar surface area (TPSA) is 73.0 Å². The van der Waals surface area contributed by atoms with Crippen LogP contribution in [0.3, 0.4) is 0 Å². The Morgan fingerprint density at radius 2 is 2.50 bits per heavy atom. The fraction of sp³-hybridized carbons (Fsp3) is 0.462. The molecule has 3 heterocycles. The first-order chi connectivity index (χ1) is 9.63. The van der Waals surface area contributed by atoms with Crippen LogP contribution < -0.4 is 5.32 Å². The Hall–Kier alpha value is -1.82. The van der Waals surface area contributed by atoms with Gasteiger partial charge in [0.2, 0.25) is 11.1 Å². The first-order valence-corrected chi connectivity index (χ1v) is 6.91. The second-order valence-electron chi connectivity index (χ2n) is 5.00. The molecule has 0 saturated carbocycles. The third kappa shape index (κ3) is 2.56. The minimum Gasteiger partial charge on any atom is -0.351 e. The number of aryl methyl sites for hydroxylation is 2. The molecule has 0 fully saturated rings. The normalized spacial score (nSPS) is 17.8. The molecule has 6 nitrogen and oxygen atoms in total. The number of rotatable bonds is 3. The molecule has 0 unspecified atom stereocenters. The molecule has 0 spiro atoms. The van der Waals surface area contributed by atoms with Crippen molar-refractivity contribution in [2.75, 3.05) is 0 Å². The van der Waals surface area contributed by atoms with Gasteiger partial charge in [-0.1, -0.05) is 5.16 Å². The van der Waals surface area contributed by atoms with Gasteiger partial charge in [-0.2, -0.15) is 0 Å². The minimum atomic E-state index is -0.0632. The second-order valence-corrected chi connectivity index (χ2v) is 5.34. The number of amides is 1. The van der Waals surface area contributed by atoms with E-state index >= 15 is 0 Å². The lowest BCUT2D eigenvalue weighted by Gasteiger charge is -2.24. The number of nitrogens with one attached hydrogen (secondary N) is 1. The zero-order chi connectivity index (χ0) is 14.1. The van der Waals surface area contributed by atoms with Crippen LogP contribution in [-0.4, -0.2) is 26.7 Å². The lowest BCUT2D eigenvalue weighted by atomic mass is 10.1. The Labute approximate surface area is 121 Å². The number of nitrogens with zero attached hydrogens (tertiary/aromatic N) is 3. The van der Waals surface area contributed by atoms with Crippen molar-refractivity contribution in [1.29, 1.82) is 0 Å². The summed E-state index contributed by atoms with van der Waals surface area (Å²) in [5.74, 6) is 1.01. The molecule has 2 aromatic heterocycles. The van der Waals surface area contributed by atoms with Crippen molar-refractivity contribution >= 4 is 17.5 Å². The van der Waals surface area contributed by atoms with E-state index in [1.54, 1.807) is 13.1 Å². The number of carbonyl (C=O) groups excluding carboxylic acids is 1. The number of carbonyl (C=O) groups is 1. The van der Waals surface area contributed by atoms with Crippen molar-refractivity contribution in [3.63, 3.8) is 0 Å². The maximum Gasteiger partial charge on any atom is 0.229 e. The van der Waals surface area contributed by atoms with Gasteiger partial charge in [0.25, 0.3) is 0 Å². The van der Waals surface area contributed by atoms with Gasteiger partial charge in [-0.05, 0) is 24.9 Å². The van der Waals surface area contributed by atoms with Crippen LogP contribution in [0.5, 0.6) is 0 Å². The molecule has 106 valence electrons. The average Bonchev–Trinajstić information content (AvgIpc) is 3.00. The lowest BCUT2D eigenvalue weighted by Crippen LogP contribution is -2.41. The highest BCUT2D eigenvalue weighted by atomic mass is 35.5. The Kier molecular flexibility index (Phi) is 3.48. The average molecular weight is 295 g/mol. The van der Waals surface area contributed by atoms with Crippen LogP contribution >= 0.6 is 11.6 Å². The molecule has 1 N–H and O–H groups in total. The van der Waals surface area contributed by atoms with Gasteiger partial charge in [-0.15, -0.1) is 0 Å². The van der Waals surface area contributed by atoms with Gasteiger partial charge in [0.05, 0.1) is 12.1 Å². The van der Waals surface area contributed by atoms with Gasteiger partial charge >= 0.3 is 0 Å². The molecule has 1 amide bonds. The number of imidazole rings is 1. The Balaban J connectivity index is 1.60. The highest BCUT2D eigenvalue weighted by molar-refractivity contribution is 6.29. The number of aromatic nitrogens is 3. The van der Waals surface area contributed by atoms with Crippen LogP contribution in [0.25, 0.3) is 0 Å². The van der Waals surface area contributed by atoms with E-state index in [1.807, 2.05) is 6.20 Å². The molecule has 1 aliphatic heterocycles. The number of halogens is 1. The van der Waals surface area contributed by atoms with E-state index in [0.717, 1.165) is 25.2 Å². The van der Waals surface area contributed by atoms with Crippen LogP contribution in [0.1, 0.15) is 23.5 Å². The fourth-order valence-corrected chi connectivity index (χ4v) is 2.72. The van der Waals surface area contributed by atoms with E-state index < -0.39 is 0 Å². The maximum atomic E-state index is 12.1. The number of hydrogen-bond acceptors (Lipinski definition) is 4. The molecular formula is C13H15ClN4O2. The summed E-state index contributed by atoms with van der Waals surface area (Å²) in [7, 11) is 0. The summed E-state index contributed by atoms with van der Waals surface area (Å²) in [4.78, 5) is 16.3. The first-order valence-electron chi connectivity index (χ1n) is 6.53. The van der Waals surface area contributed by atoms with Crippen molar-refractivity contribution in [2.24, 2.45) is 0 Å². The standard InChI is InChI=1S/C13H15ClN4O2/c1-8-10(13(14)20-17-8)6-12(19)16-9-2-3-11-15-4-5-18(11)7-9/h4-5,9H,2-3,6-7H2,1H3,(H,16,19)/t9-/m0/s1. The van der Waals surface area contributed by atoms with Crippen molar-refractivity contribution in [1.82, 2.24) is 20.0 Å². The highest BCUT2D eigenvalue weighted by Gasteiger charge is 2.22. The molecule has 1 atom stereocenters. The summed E-state index contributed by atoms with van der Waals surface area (Å²) in [5.41, 5.74) is 1.31. The second kappa shape index (κ2) is 5.28. The minimum absolute atomic E-state index is 0.0632. The Morgan fingerprint density at radius 3 is 3.25 bits per heavy atom. The zero-order valence-corrected chi connectivity index (χ0v) is 11.9. The third-order valence-electron chi connectivity index (χ3n) is 3.57. The molecular weight excluding hydrogens is 280 g/mol. The van der Waals surface area contributed by atoms with E-state index in [9.17, 15) is 4.79 Å². The van der Waals surface area contributed by atoms with Crippen molar-refractivity contribution in [3.05, 3.63) is 34.7 Å². The molecule has 0 radical (unpaired) electrons. The predicted octanol–water partition coefficient (Wildman–Crippen LogP) is 1.51. The summed E-state index contributed by atoms with van der Waals surface area (Å²) in [6, 6.07) is 0.128. The molecule has 1 aliphatic rings. The van der Waals surface area contributed by atoms with Crippen LogP contribution in [0.4, 0.5) is 0 Å². The summed E-state index contributed by atoms with van der Waals surface area (Å²) in [5, 5.41) is 6.96. The van der Waals surface area contributed by atoms with E-state index in [1.165, 1.54) is 0 Å². The SMILES string of the molecule is Cc1noc(Cl)c1CC(=O)N[C@H]1CCc2nccn2C1. The van der Waals surface area contributed by atoms with E-state index in [0.29, 0.717) is 11.3 Å². The van der Waals surface area contributed by atoms with Crippen molar-refractivity contribution < 1.29 is 9.32 Å². The Bertz CT molecular complexity index is 615. The quantitative estimate of drug-likeness (QED) is 0.931. The van der Waals surface area contributed by atoms with Gasteiger partial charge < -0.3 is 14.4 Å². The zero-order valence-electron chi connectivity index (χ0n) is 11.1. The van der Waals surface area contributed by atoms with Gasteiger partial charge in [-0.3, -0.25) is 4.79 Å². The third-order valence-corrected chi connectivity index (χ3v) is 3.87. The van der Waals surface area contributed by atoms with Gasteiger partial charge in [-0.25, -0.2) is 4.98 Å². The van der Waals surface area contributed by atoms with Crippen LogP contribution in [-0.2, 0) is 24.2 Å². The van der Waals surface area contributed by atoms with Gasteiger partial charge in [0.1, 0.15) is 5.82 Å². The molecule has 0 aromatic carbocycles. The maximum absolute atomic E-state index is 12.1. The number of fused-ring (bicyclic) bond motifs is 1. The van der Waals surface area contributed by atoms with Crippen LogP contribution in [0, 0.1) is 6.92 Å². The molecule has 7 heteroatoms. The van der Waals surface area contributed by atoms with Crippen molar-refractivity contribution in [3.8, 4) is 0 Å². The largest absolute Gasteiger partial charge is 0.351 e. The predicted molar refractivity (Wildman–Crippen MR) is 72.4 cm³/mol. The molecule has 0 aliphatic carbocycles. The monoisotopic (exact) mass is 294 g/mol. The Morgan fingerprint density at radius 1 is 1.65 bits per heavy atom. The van der Waals surface area contributed by atoms with Gasteiger partial charge in [0.15, 0.2) is 0 Å². The molecule has 2 aromatic rings. The van der Waals surface area contributed by atoms with E-state index in [4.69, 9.17) is 16.1 Å². The van der Waals surface area contributed by atoms with Crippen LogP contribution in [0.15, 0.2) is 16.9 Å². The van der Waals surface area contributed by atoms with Crippen molar-refractivity contribution in [2.45, 2.75) is 38.8 Å². The fourth-order valence-electron chi connectivity index (χ4n) is 2.48. The smallest absolute Gasteiger partial charge is 0.229 e.